The van der Waals surface area contributed by atoms with E-state index in [0.717, 1.165) is 38.5 Å². The second-order valence-corrected chi connectivity index (χ2v) is 20.3. The molecule has 1 spiro atoms. The number of rotatable bonds is 3. The van der Waals surface area contributed by atoms with Gasteiger partial charge in [0.25, 0.3) is 0 Å². The summed E-state index contributed by atoms with van der Waals surface area (Å²) >= 11 is 0. The minimum atomic E-state index is -1.94. The summed E-state index contributed by atoms with van der Waals surface area (Å²) in [5.41, 5.74) is -0.167. The highest BCUT2D eigenvalue weighted by Crippen LogP contribution is 2.73. The van der Waals surface area contributed by atoms with Gasteiger partial charge in [0.05, 0.1) is 24.4 Å². The number of ether oxygens (including phenoxy) is 4. The molecule has 2 saturated heterocycles. The molecule has 6 fully saturated rings. The first kappa shape index (κ1) is 26.7. The van der Waals surface area contributed by atoms with E-state index in [1.54, 1.807) is 0 Å². The first-order valence-electron chi connectivity index (χ1n) is 15.0. The van der Waals surface area contributed by atoms with Crippen molar-refractivity contribution in [3.05, 3.63) is 0 Å². The van der Waals surface area contributed by atoms with Gasteiger partial charge < -0.3 is 23.4 Å². The van der Waals surface area contributed by atoms with Crippen LogP contribution in [0.4, 0.5) is 0 Å². The van der Waals surface area contributed by atoms with Crippen LogP contribution in [0, 0.1) is 34.5 Å². The molecule has 0 aromatic heterocycles. The Morgan fingerprint density at radius 2 is 1.68 bits per heavy atom. The van der Waals surface area contributed by atoms with Crippen LogP contribution >= 0.6 is 0 Å². The van der Waals surface area contributed by atoms with E-state index in [1.807, 2.05) is 0 Å². The highest BCUT2D eigenvalue weighted by Gasteiger charge is 2.77. The summed E-state index contributed by atoms with van der Waals surface area (Å²) in [6.45, 7) is 19.9. The fraction of sp³-hybridized carbons (Fsp3) is 0.967. The van der Waals surface area contributed by atoms with Crippen molar-refractivity contribution in [1.29, 1.82) is 0 Å². The molecule has 2 heterocycles. The predicted octanol–water partition coefficient (Wildman–Crippen LogP) is 6.43. The first-order chi connectivity index (χ1) is 17.1. The normalized spacial score (nSPS) is 50.1. The lowest BCUT2D eigenvalue weighted by molar-refractivity contribution is -0.222. The van der Waals surface area contributed by atoms with Gasteiger partial charge in [-0.3, -0.25) is 4.79 Å². The van der Waals surface area contributed by atoms with Gasteiger partial charge in [0, 0.05) is 18.3 Å². The van der Waals surface area contributed by atoms with Crippen LogP contribution in [0.1, 0.15) is 93.4 Å². The Morgan fingerprint density at radius 1 is 0.973 bits per heavy atom. The molecule has 5 unspecified atom stereocenters. The summed E-state index contributed by atoms with van der Waals surface area (Å²) in [7, 11) is -1.94. The van der Waals surface area contributed by atoms with Crippen LogP contribution in [0.25, 0.3) is 0 Å². The number of fused-ring (bicyclic) bond motifs is 5. The highest BCUT2D eigenvalue weighted by molar-refractivity contribution is 6.74. The SMILES string of the molecule is CC(=O)OC1O[C@H]2C[C@@]3(C)C(CC[C@@H]3O[Si](C)(C)C(C)(C)C)C3C2[C@]12CCCCC2[C@H]1OC(C)(C)O[C@H]31. The fourth-order valence-corrected chi connectivity index (χ4v) is 11.2. The molecular formula is C30H50O6Si. The smallest absolute Gasteiger partial charge is 0.304 e. The largest absolute Gasteiger partial charge is 0.435 e. The molecule has 4 aliphatic carbocycles. The maximum Gasteiger partial charge on any atom is 0.304 e. The summed E-state index contributed by atoms with van der Waals surface area (Å²) in [5.74, 6) is 0.629. The Labute approximate surface area is 225 Å². The topological polar surface area (TPSA) is 63.2 Å². The quantitative estimate of drug-likeness (QED) is 0.307. The third kappa shape index (κ3) is 3.73. The molecule has 0 aromatic rings. The summed E-state index contributed by atoms with van der Waals surface area (Å²) in [5, 5.41) is 0.171. The molecule has 0 radical (unpaired) electrons. The van der Waals surface area contributed by atoms with Gasteiger partial charge in [-0.05, 0) is 87.3 Å². The van der Waals surface area contributed by atoms with Crippen LogP contribution in [0.2, 0.25) is 18.1 Å². The zero-order valence-corrected chi connectivity index (χ0v) is 25.6. The van der Waals surface area contributed by atoms with Crippen molar-refractivity contribution in [3.63, 3.8) is 0 Å². The van der Waals surface area contributed by atoms with E-state index in [0.29, 0.717) is 23.7 Å². The maximum atomic E-state index is 12.4. The molecule has 7 heteroatoms. The highest BCUT2D eigenvalue weighted by atomic mass is 28.4. The lowest BCUT2D eigenvalue weighted by Crippen LogP contribution is -2.66. The Kier molecular flexibility index (Phi) is 5.98. The zero-order valence-electron chi connectivity index (χ0n) is 24.6. The molecule has 11 atom stereocenters. The van der Waals surface area contributed by atoms with E-state index in [1.165, 1.54) is 13.3 Å². The number of hydrogen-bond donors (Lipinski definition) is 0. The molecule has 0 aromatic carbocycles. The van der Waals surface area contributed by atoms with Crippen LogP contribution in [0.3, 0.4) is 0 Å². The van der Waals surface area contributed by atoms with E-state index >= 15 is 0 Å². The van der Waals surface area contributed by atoms with Crippen molar-refractivity contribution < 1.29 is 28.2 Å². The van der Waals surface area contributed by atoms with Gasteiger partial charge in [-0.15, -0.1) is 0 Å². The van der Waals surface area contributed by atoms with E-state index in [4.69, 9.17) is 23.4 Å². The van der Waals surface area contributed by atoms with E-state index in [9.17, 15) is 4.79 Å². The minimum absolute atomic E-state index is 0.00973. The van der Waals surface area contributed by atoms with Gasteiger partial charge in [0.1, 0.15) is 0 Å². The Morgan fingerprint density at radius 3 is 2.35 bits per heavy atom. The van der Waals surface area contributed by atoms with Crippen LogP contribution in [0.15, 0.2) is 0 Å². The van der Waals surface area contributed by atoms with Crippen molar-refractivity contribution in [1.82, 2.24) is 0 Å². The average molecular weight is 535 g/mol. The van der Waals surface area contributed by atoms with E-state index in [2.05, 4.69) is 54.6 Å². The van der Waals surface area contributed by atoms with Crippen molar-refractivity contribution in [2.45, 2.75) is 148 Å². The molecule has 2 aliphatic heterocycles. The lowest BCUT2D eigenvalue weighted by atomic mass is 9.43. The van der Waals surface area contributed by atoms with Crippen LogP contribution in [-0.4, -0.2) is 50.8 Å². The van der Waals surface area contributed by atoms with Gasteiger partial charge >= 0.3 is 5.97 Å². The monoisotopic (exact) mass is 534 g/mol. The summed E-state index contributed by atoms with van der Waals surface area (Å²) in [6, 6.07) is 0. The maximum absolute atomic E-state index is 12.4. The molecular weight excluding hydrogens is 484 g/mol. The summed E-state index contributed by atoms with van der Waals surface area (Å²) in [4.78, 5) is 12.4. The Balaban J connectivity index is 1.43. The van der Waals surface area contributed by atoms with Gasteiger partial charge in [0.15, 0.2) is 14.1 Å². The van der Waals surface area contributed by atoms with E-state index in [-0.39, 0.29) is 46.3 Å². The molecule has 210 valence electrons. The van der Waals surface area contributed by atoms with Gasteiger partial charge in [-0.2, -0.15) is 0 Å². The third-order valence-electron chi connectivity index (χ3n) is 12.1. The van der Waals surface area contributed by atoms with Crippen LogP contribution in [-0.2, 0) is 28.2 Å². The van der Waals surface area contributed by atoms with Crippen molar-refractivity contribution in [3.8, 4) is 0 Å². The molecule has 37 heavy (non-hydrogen) atoms. The molecule has 6 aliphatic rings. The summed E-state index contributed by atoms with van der Waals surface area (Å²) in [6.07, 6.45) is 7.64. The number of esters is 1. The first-order valence-corrected chi connectivity index (χ1v) is 17.9. The second-order valence-electron chi connectivity index (χ2n) is 15.5. The van der Waals surface area contributed by atoms with Crippen LogP contribution < -0.4 is 0 Å². The number of carbonyl (C=O) groups excluding carboxylic acids is 1. The zero-order chi connectivity index (χ0) is 26.8. The number of carbonyl (C=O) groups is 1. The minimum Gasteiger partial charge on any atom is -0.435 e. The Bertz CT molecular complexity index is 943. The molecule has 0 N–H and O–H groups in total. The van der Waals surface area contributed by atoms with E-state index < -0.39 is 20.4 Å². The van der Waals surface area contributed by atoms with Crippen molar-refractivity contribution in [2.24, 2.45) is 34.5 Å². The van der Waals surface area contributed by atoms with Crippen molar-refractivity contribution in [2.75, 3.05) is 0 Å². The lowest BCUT2D eigenvalue weighted by Gasteiger charge is -2.61. The Hall–Kier alpha value is -0.473. The van der Waals surface area contributed by atoms with Crippen LogP contribution in [0.5, 0.6) is 0 Å². The predicted molar refractivity (Wildman–Crippen MR) is 143 cm³/mol. The average Bonchev–Trinajstić information content (AvgIpc) is 3.36. The van der Waals surface area contributed by atoms with Gasteiger partial charge in [0.2, 0.25) is 6.29 Å². The second kappa shape index (κ2) is 8.28. The molecule has 6 nitrogen and oxygen atoms in total. The third-order valence-corrected chi connectivity index (χ3v) is 16.6. The standard InChI is InChI=1S/C30H50O6Si/c1-17(31)32-26-30-15-11-10-12-19(30)24-25(35-28(5,6)34-24)22-18-13-14-21(36-37(8,9)27(2,3)4)29(18,7)16-20(33-26)23(22)30/h18-26H,10-16H2,1-9H3/t18?,19?,20-,21-,22?,23?,24+,25+,26?,29-,30+/m0/s1. The molecule has 0 bridgehead atoms. The molecule has 4 saturated carbocycles. The number of hydrogen-bond acceptors (Lipinski definition) is 6. The molecule has 6 rings (SSSR count). The van der Waals surface area contributed by atoms with Crippen molar-refractivity contribution >= 4 is 14.3 Å². The fourth-order valence-electron chi connectivity index (χ4n) is 9.78. The van der Waals surface area contributed by atoms with Gasteiger partial charge in [-0.1, -0.05) is 40.5 Å². The van der Waals surface area contributed by atoms with Gasteiger partial charge in [-0.25, -0.2) is 0 Å². The summed E-state index contributed by atoms with van der Waals surface area (Å²) < 4.78 is 33.8. The molecule has 0 amide bonds.